The van der Waals surface area contributed by atoms with E-state index in [2.05, 4.69) is 4.98 Å². The number of carbonyl (C=O) groups is 1. The van der Waals surface area contributed by atoms with Gasteiger partial charge in [-0.3, -0.25) is 4.79 Å². The Bertz CT molecular complexity index is 634. The molecule has 4 nitrogen and oxygen atoms in total. The summed E-state index contributed by atoms with van der Waals surface area (Å²) in [5.74, 6) is -1.67. The Kier molecular flexibility index (Phi) is 2.74. The molecule has 0 unspecified atom stereocenters. The predicted octanol–water partition coefficient (Wildman–Crippen LogP) is 1.88. The molecule has 17 heavy (non-hydrogen) atoms. The number of hydrogen-bond donors (Lipinski definition) is 2. The second-order valence-electron chi connectivity index (χ2n) is 3.43. The fourth-order valence-electron chi connectivity index (χ4n) is 1.48. The second kappa shape index (κ2) is 4.21. The summed E-state index contributed by atoms with van der Waals surface area (Å²) in [6.07, 6.45) is 0. The zero-order valence-corrected chi connectivity index (χ0v) is 8.61. The first-order valence-electron chi connectivity index (χ1n) is 4.80. The fraction of sp³-hybridized carbons (Fsp3) is 0. The van der Waals surface area contributed by atoms with Crippen molar-refractivity contribution >= 4 is 5.97 Å². The molecule has 2 rings (SSSR count). The molecule has 0 aliphatic rings. The number of carboxylic acid groups (broad SMARTS) is 1. The number of halogens is 1. The van der Waals surface area contributed by atoms with E-state index in [1.165, 1.54) is 30.3 Å². The molecule has 0 bridgehead atoms. The largest absolute Gasteiger partial charge is 0.477 e. The van der Waals surface area contributed by atoms with Crippen molar-refractivity contribution in [3.05, 3.63) is 58.3 Å². The van der Waals surface area contributed by atoms with E-state index in [0.717, 1.165) is 0 Å². The van der Waals surface area contributed by atoms with E-state index < -0.39 is 17.3 Å². The van der Waals surface area contributed by atoms with Crippen LogP contribution >= 0.6 is 0 Å². The molecule has 2 N–H and O–H groups in total. The van der Waals surface area contributed by atoms with Crippen LogP contribution in [0.3, 0.4) is 0 Å². The number of aromatic nitrogens is 1. The van der Waals surface area contributed by atoms with Gasteiger partial charge >= 0.3 is 5.97 Å². The monoisotopic (exact) mass is 233 g/mol. The van der Waals surface area contributed by atoms with Crippen molar-refractivity contribution in [1.82, 2.24) is 4.98 Å². The minimum absolute atomic E-state index is 0.199. The summed E-state index contributed by atoms with van der Waals surface area (Å²) in [5, 5.41) is 8.68. The number of hydrogen-bond acceptors (Lipinski definition) is 2. The van der Waals surface area contributed by atoms with Gasteiger partial charge in [0.15, 0.2) is 0 Å². The van der Waals surface area contributed by atoms with Crippen LogP contribution in [-0.4, -0.2) is 16.1 Å². The number of carboxylic acids is 1. The standard InChI is InChI=1S/C12H8FNO3/c13-8-3-1-2-7(6-8)9-4-5-10(12(16)17)14-11(9)15/h1-6H,(H,14,15)(H,16,17). The van der Waals surface area contributed by atoms with Crippen molar-refractivity contribution in [2.45, 2.75) is 0 Å². The van der Waals surface area contributed by atoms with Gasteiger partial charge in [0.2, 0.25) is 0 Å². The van der Waals surface area contributed by atoms with Crippen molar-refractivity contribution in [3.8, 4) is 11.1 Å². The van der Waals surface area contributed by atoms with E-state index in [-0.39, 0.29) is 11.3 Å². The summed E-state index contributed by atoms with van der Waals surface area (Å²) in [5.41, 5.74) is -0.122. The fourth-order valence-corrected chi connectivity index (χ4v) is 1.48. The molecular weight excluding hydrogens is 225 g/mol. The molecule has 0 saturated carbocycles. The first kappa shape index (κ1) is 11.1. The van der Waals surface area contributed by atoms with Crippen LogP contribution in [0.5, 0.6) is 0 Å². The maximum absolute atomic E-state index is 13.0. The lowest BCUT2D eigenvalue weighted by atomic mass is 10.1. The molecular formula is C12H8FNO3. The van der Waals surface area contributed by atoms with Gasteiger partial charge in [0.05, 0.1) is 0 Å². The smallest absolute Gasteiger partial charge is 0.352 e. The van der Waals surface area contributed by atoms with Crippen LogP contribution in [-0.2, 0) is 0 Å². The van der Waals surface area contributed by atoms with Gasteiger partial charge in [-0.15, -0.1) is 0 Å². The SMILES string of the molecule is O=C(O)c1ccc(-c2cccc(F)c2)c(=O)[nH]1. The highest BCUT2D eigenvalue weighted by Crippen LogP contribution is 2.16. The Balaban J connectivity index is 2.54. The maximum Gasteiger partial charge on any atom is 0.352 e. The van der Waals surface area contributed by atoms with Crippen molar-refractivity contribution in [1.29, 1.82) is 0 Å². The highest BCUT2D eigenvalue weighted by atomic mass is 19.1. The molecule has 0 saturated heterocycles. The second-order valence-corrected chi connectivity index (χ2v) is 3.43. The predicted molar refractivity (Wildman–Crippen MR) is 59.4 cm³/mol. The van der Waals surface area contributed by atoms with Crippen molar-refractivity contribution < 1.29 is 14.3 Å². The lowest BCUT2D eigenvalue weighted by Crippen LogP contribution is -2.14. The van der Waals surface area contributed by atoms with Gasteiger partial charge in [-0.1, -0.05) is 12.1 Å². The quantitative estimate of drug-likeness (QED) is 0.831. The zero-order chi connectivity index (χ0) is 12.4. The third kappa shape index (κ3) is 2.23. The number of nitrogens with one attached hydrogen (secondary N) is 1. The Morgan fingerprint density at radius 3 is 2.59 bits per heavy atom. The van der Waals surface area contributed by atoms with E-state index >= 15 is 0 Å². The number of pyridine rings is 1. The Labute approximate surface area is 95.4 Å². The lowest BCUT2D eigenvalue weighted by Gasteiger charge is -2.01. The summed E-state index contributed by atoms with van der Waals surface area (Å²) >= 11 is 0. The van der Waals surface area contributed by atoms with E-state index in [9.17, 15) is 14.0 Å². The van der Waals surface area contributed by atoms with Crippen LogP contribution in [0.1, 0.15) is 10.5 Å². The summed E-state index contributed by atoms with van der Waals surface area (Å²) in [6.45, 7) is 0. The van der Waals surface area contributed by atoms with Gasteiger partial charge in [0.25, 0.3) is 5.56 Å². The van der Waals surface area contributed by atoms with E-state index in [4.69, 9.17) is 5.11 Å². The molecule has 0 aliphatic carbocycles. The van der Waals surface area contributed by atoms with Gasteiger partial charge < -0.3 is 10.1 Å². The third-order valence-corrected chi connectivity index (χ3v) is 2.28. The molecule has 0 atom stereocenters. The summed E-state index contributed by atoms with van der Waals surface area (Å²) in [4.78, 5) is 24.5. The van der Waals surface area contributed by atoms with Gasteiger partial charge in [-0.2, -0.15) is 0 Å². The van der Waals surface area contributed by atoms with Gasteiger partial charge in [0.1, 0.15) is 11.5 Å². The highest BCUT2D eigenvalue weighted by molar-refractivity contribution is 5.85. The van der Waals surface area contributed by atoms with Gasteiger partial charge in [-0.25, -0.2) is 9.18 Å². The third-order valence-electron chi connectivity index (χ3n) is 2.28. The number of benzene rings is 1. The van der Waals surface area contributed by atoms with Crippen LogP contribution in [0.2, 0.25) is 0 Å². The van der Waals surface area contributed by atoms with Crippen molar-refractivity contribution in [2.24, 2.45) is 0 Å². The molecule has 5 heteroatoms. The topological polar surface area (TPSA) is 70.2 Å². The number of H-pyrrole nitrogens is 1. The zero-order valence-electron chi connectivity index (χ0n) is 8.61. The minimum atomic E-state index is -1.21. The van der Waals surface area contributed by atoms with Crippen molar-refractivity contribution in [3.63, 3.8) is 0 Å². The molecule has 86 valence electrons. The molecule has 0 aliphatic heterocycles. The van der Waals surface area contributed by atoms with Gasteiger partial charge in [0, 0.05) is 5.56 Å². The molecule has 2 aromatic rings. The van der Waals surface area contributed by atoms with Gasteiger partial charge in [-0.05, 0) is 29.8 Å². The van der Waals surface area contributed by atoms with Crippen LogP contribution in [0.4, 0.5) is 4.39 Å². The van der Waals surface area contributed by atoms with Crippen LogP contribution in [0, 0.1) is 5.82 Å². The van der Waals surface area contributed by atoms with Crippen LogP contribution in [0.15, 0.2) is 41.2 Å². The normalized spacial score (nSPS) is 10.2. The number of rotatable bonds is 2. The average Bonchev–Trinajstić information content (AvgIpc) is 2.28. The van der Waals surface area contributed by atoms with Crippen molar-refractivity contribution in [2.75, 3.05) is 0 Å². The van der Waals surface area contributed by atoms with Crippen LogP contribution in [0.25, 0.3) is 11.1 Å². The molecule has 1 aromatic heterocycles. The van der Waals surface area contributed by atoms with E-state index in [0.29, 0.717) is 5.56 Å². The Hall–Kier alpha value is -2.43. The number of aromatic carboxylic acids is 1. The Morgan fingerprint density at radius 2 is 2.00 bits per heavy atom. The molecule has 1 heterocycles. The first-order valence-corrected chi connectivity index (χ1v) is 4.80. The van der Waals surface area contributed by atoms with E-state index in [1.807, 2.05) is 0 Å². The molecule has 0 fully saturated rings. The Morgan fingerprint density at radius 1 is 1.24 bits per heavy atom. The molecule has 0 amide bonds. The average molecular weight is 233 g/mol. The maximum atomic E-state index is 13.0. The molecule has 0 radical (unpaired) electrons. The molecule has 0 spiro atoms. The summed E-state index contributed by atoms with van der Waals surface area (Å²) < 4.78 is 13.0. The lowest BCUT2D eigenvalue weighted by molar-refractivity contribution is 0.0690. The minimum Gasteiger partial charge on any atom is -0.477 e. The highest BCUT2D eigenvalue weighted by Gasteiger charge is 2.08. The first-order chi connectivity index (χ1) is 8.08. The summed E-state index contributed by atoms with van der Waals surface area (Å²) in [7, 11) is 0. The number of aromatic amines is 1. The van der Waals surface area contributed by atoms with Crippen LogP contribution < -0.4 is 5.56 Å². The van der Waals surface area contributed by atoms with E-state index in [1.54, 1.807) is 6.07 Å². The summed E-state index contributed by atoms with van der Waals surface area (Å²) in [6, 6.07) is 8.17. The molecule has 1 aromatic carbocycles.